The predicted molar refractivity (Wildman–Crippen MR) is 126 cm³/mol. The minimum Gasteiger partial charge on any atom is -0.493 e. The zero-order valence-corrected chi connectivity index (χ0v) is 20.5. The third-order valence-corrected chi connectivity index (χ3v) is 6.80. The fourth-order valence-corrected chi connectivity index (χ4v) is 4.52. The Hall–Kier alpha value is -3.77. The zero-order chi connectivity index (χ0) is 27.4. The number of carbonyl (C=O) groups excluding carboxylic acids is 2. The van der Waals surface area contributed by atoms with Crippen LogP contribution in [0.2, 0.25) is 0 Å². The first-order valence-electron chi connectivity index (χ1n) is 12.0. The maximum atomic E-state index is 14.5. The van der Waals surface area contributed by atoms with E-state index in [-0.39, 0.29) is 45.8 Å². The molecule has 38 heavy (non-hydrogen) atoms. The lowest BCUT2D eigenvalue weighted by atomic mass is 10.0. The van der Waals surface area contributed by atoms with Gasteiger partial charge in [-0.3, -0.25) is 9.59 Å². The molecule has 2 aromatic heterocycles. The van der Waals surface area contributed by atoms with Crippen molar-refractivity contribution in [2.24, 2.45) is 5.92 Å². The molecule has 1 unspecified atom stereocenters. The number of hydrogen-bond donors (Lipinski definition) is 2. The number of nitrogens with one attached hydrogen (secondary N) is 2. The number of benzene rings is 1. The van der Waals surface area contributed by atoms with Crippen LogP contribution in [0.15, 0.2) is 24.5 Å². The van der Waals surface area contributed by atoms with Crippen molar-refractivity contribution in [1.82, 2.24) is 25.2 Å². The number of carbonyl (C=O) groups is 2. The molecule has 0 radical (unpaired) electrons. The molecule has 13 heteroatoms. The van der Waals surface area contributed by atoms with E-state index in [0.29, 0.717) is 12.5 Å². The van der Waals surface area contributed by atoms with Crippen molar-refractivity contribution in [2.45, 2.75) is 44.8 Å². The van der Waals surface area contributed by atoms with Crippen LogP contribution in [0.5, 0.6) is 5.75 Å². The Morgan fingerprint density at radius 1 is 1.24 bits per heavy atom. The van der Waals surface area contributed by atoms with Crippen molar-refractivity contribution in [3.63, 3.8) is 0 Å². The Morgan fingerprint density at radius 2 is 1.97 bits per heavy atom. The number of hydrogen-bond acceptors (Lipinski definition) is 5. The van der Waals surface area contributed by atoms with Crippen molar-refractivity contribution >= 4 is 22.8 Å². The highest BCUT2D eigenvalue weighted by Crippen LogP contribution is 2.40. The number of likely N-dealkylation sites (tertiary alicyclic amines) is 1. The van der Waals surface area contributed by atoms with Gasteiger partial charge in [0, 0.05) is 24.7 Å². The third-order valence-electron chi connectivity index (χ3n) is 6.80. The Labute approximate surface area is 213 Å². The lowest BCUT2D eigenvalue weighted by molar-refractivity contribution is -0.137. The number of fused-ring (bicyclic) bond motifs is 1. The summed E-state index contributed by atoms with van der Waals surface area (Å²) in [4.78, 5) is 36.9. The minimum absolute atomic E-state index is 0.0480. The Balaban J connectivity index is 1.53. The van der Waals surface area contributed by atoms with E-state index in [1.165, 1.54) is 19.9 Å². The molecular formula is C25H24F5N5O3. The van der Waals surface area contributed by atoms with Crippen LogP contribution in [-0.4, -0.2) is 63.3 Å². The monoisotopic (exact) mass is 537 g/mol. The quantitative estimate of drug-likeness (QED) is 0.456. The molecule has 0 spiro atoms. The van der Waals surface area contributed by atoms with Gasteiger partial charge in [-0.1, -0.05) is 0 Å². The van der Waals surface area contributed by atoms with Gasteiger partial charge >= 0.3 is 6.18 Å². The molecule has 3 aromatic rings. The number of rotatable bonds is 6. The standard InChI is InChI=1S/C25H24F5N5O3/c1-12-19(23(37)34-18-8-35(13(2)36)10-24(18,26)27)21-22(33-12)20(31-11-32-21)16-7-15(25(28,29)30)5-6-17(16)38-9-14-3-4-14/h5-7,11,14,18,33H,3-4,8-10H2,1-2H3,(H,34,37). The first kappa shape index (κ1) is 25.9. The van der Waals surface area contributed by atoms with Crippen LogP contribution in [0.3, 0.4) is 0 Å². The van der Waals surface area contributed by atoms with Crippen LogP contribution in [0.4, 0.5) is 22.0 Å². The SMILES string of the molecule is CC(=O)N1CC(NC(=O)c2c(C)[nH]c3c(-c4cc(C(F)(F)F)ccc4OCC4CC4)ncnc23)C(F)(F)C1. The number of ether oxygens (including phenoxy) is 1. The Kier molecular flexibility index (Phi) is 6.27. The Bertz CT molecular complexity index is 1420. The predicted octanol–water partition coefficient (Wildman–Crippen LogP) is 4.34. The summed E-state index contributed by atoms with van der Waals surface area (Å²) in [6, 6.07) is 1.47. The van der Waals surface area contributed by atoms with Crippen molar-refractivity contribution < 1.29 is 36.3 Å². The number of aromatic amines is 1. The minimum atomic E-state index is -4.62. The average Bonchev–Trinajstić information content (AvgIpc) is 3.53. The van der Waals surface area contributed by atoms with E-state index >= 15 is 0 Å². The summed E-state index contributed by atoms with van der Waals surface area (Å²) in [7, 11) is 0. The van der Waals surface area contributed by atoms with Crippen molar-refractivity contribution in [3.8, 4) is 17.0 Å². The van der Waals surface area contributed by atoms with E-state index in [1.807, 2.05) is 0 Å². The second-order valence-corrected chi connectivity index (χ2v) is 9.72. The molecule has 8 nitrogen and oxygen atoms in total. The maximum Gasteiger partial charge on any atom is 0.416 e. The third kappa shape index (κ3) is 4.88. The van der Waals surface area contributed by atoms with Gasteiger partial charge in [0.2, 0.25) is 5.91 Å². The summed E-state index contributed by atoms with van der Waals surface area (Å²) >= 11 is 0. The van der Waals surface area contributed by atoms with E-state index in [9.17, 15) is 31.5 Å². The van der Waals surface area contributed by atoms with E-state index in [0.717, 1.165) is 36.2 Å². The van der Waals surface area contributed by atoms with Gasteiger partial charge in [-0.15, -0.1) is 0 Å². The lowest BCUT2D eigenvalue weighted by Crippen LogP contribution is -2.46. The van der Waals surface area contributed by atoms with Crippen LogP contribution in [0, 0.1) is 12.8 Å². The summed E-state index contributed by atoms with van der Waals surface area (Å²) in [6.45, 7) is 1.86. The van der Waals surface area contributed by atoms with Gasteiger partial charge in [0.15, 0.2) is 0 Å². The molecule has 2 amide bonds. The van der Waals surface area contributed by atoms with Gasteiger partial charge in [-0.25, -0.2) is 18.7 Å². The van der Waals surface area contributed by atoms with Gasteiger partial charge in [-0.2, -0.15) is 13.2 Å². The van der Waals surface area contributed by atoms with Crippen molar-refractivity contribution in [2.75, 3.05) is 19.7 Å². The van der Waals surface area contributed by atoms with Crippen LogP contribution in [0.1, 0.15) is 41.4 Å². The van der Waals surface area contributed by atoms with Gasteiger partial charge in [-0.05, 0) is 43.9 Å². The van der Waals surface area contributed by atoms with Crippen LogP contribution in [-0.2, 0) is 11.0 Å². The summed E-state index contributed by atoms with van der Waals surface area (Å²) in [5, 5.41) is 2.29. The van der Waals surface area contributed by atoms with Gasteiger partial charge in [0.05, 0.1) is 29.8 Å². The fourth-order valence-electron chi connectivity index (χ4n) is 4.52. The molecule has 1 saturated carbocycles. The van der Waals surface area contributed by atoms with E-state index in [2.05, 4.69) is 20.3 Å². The van der Waals surface area contributed by atoms with Crippen LogP contribution in [0.25, 0.3) is 22.3 Å². The largest absolute Gasteiger partial charge is 0.493 e. The number of H-pyrrole nitrogens is 1. The zero-order valence-electron chi connectivity index (χ0n) is 20.5. The summed E-state index contributed by atoms with van der Waals surface area (Å²) in [5.74, 6) is -4.21. The smallest absolute Gasteiger partial charge is 0.416 e. The van der Waals surface area contributed by atoms with Gasteiger partial charge in [0.1, 0.15) is 29.3 Å². The second-order valence-electron chi connectivity index (χ2n) is 9.72. The number of aromatic nitrogens is 3. The molecule has 5 rings (SSSR count). The second kappa shape index (κ2) is 9.21. The molecule has 3 heterocycles. The molecule has 2 aliphatic rings. The van der Waals surface area contributed by atoms with E-state index in [1.54, 1.807) is 0 Å². The first-order chi connectivity index (χ1) is 17.8. The highest BCUT2D eigenvalue weighted by molar-refractivity contribution is 6.09. The van der Waals surface area contributed by atoms with E-state index in [4.69, 9.17) is 4.74 Å². The number of alkyl halides is 5. The number of aryl methyl sites for hydroxylation is 1. The molecule has 1 atom stereocenters. The molecule has 202 valence electrons. The molecule has 1 aliphatic carbocycles. The number of amides is 2. The number of nitrogens with zero attached hydrogens (tertiary/aromatic N) is 3. The molecule has 1 aromatic carbocycles. The van der Waals surface area contributed by atoms with Crippen LogP contribution >= 0.6 is 0 Å². The van der Waals surface area contributed by atoms with Gasteiger partial charge < -0.3 is 19.9 Å². The van der Waals surface area contributed by atoms with Crippen molar-refractivity contribution in [3.05, 3.63) is 41.3 Å². The number of halogens is 5. The molecule has 2 N–H and O–H groups in total. The van der Waals surface area contributed by atoms with Crippen molar-refractivity contribution in [1.29, 1.82) is 0 Å². The topological polar surface area (TPSA) is 100 Å². The molecule has 1 saturated heterocycles. The average molecular weight is 537 g/mol. The molecule has 1 aliphatic heterocycles. The highest BCUT2D eigenvalue weighted by atomic mass is 19.4. The van der Waals surface area contributed by atoms with Crippen LogP contribution < -0.4 is 10.1 Å². The fraction of sp³-hybridized carbons (Fsp3) is 0.440. The van der Waals surface area contributed by atoms with E-state index < -0.39 is 42.1 Å². The molecule has 2 fully saturated rings. The highest BCUT2D eigenvalue weighted by Gasteiger charge is 2.50. The summed E-state index contributed by atoms with van der Waals surface area (Å²) in [5.41, 5.74) is -0.347. The summed E-state index contributed by atoms with van der Waals surface area (Å²) in [6.07, 6.45) is -1.57. The van der Waals surface area contributed by atoms with Gasteiger partial charge in [0.25, 0.3) is 11.8 Å². The normalized spacial score (nSPS) is 19.1. The molecule has 0 bridgehead atoms. The Morgan fingerprint density at radius 3 is 2.61 bits per heavy atom. The first-order valence-corrected chi connectivity index (χ1v) is 12.0. The lowest BCUT2D eigenvalue weighted by Gasteiger charge is -2.18. The molecular weight excluding hydrogens is 513 g/mol. The maximum absolute atomic E-state index is 14.5. The summed E-state index contributed by atoms with van der Waals surface area (Å²) < 4.78 is 75.4.